The lowest BCUT2D eigenvalue weighted by molar-refractivity contribution is -0.117. The molecule has 1 aliphatic heterocycles. The molecule has 1 rings (SSSR count). The highest BCUT2D eigenvalue weighted by Gasteiger charge is 2.27. The number of allylic oxidation sites excluding steroid dienone is 3. The minimum atomic E-state index is -0.738. The number of carbonyl (C=O) groups excluding carboxylic acids is 1. The topological polar surface area (TPSA) is 46.2 Å². The molecule has 0 unspecified atom stereocenters. The van der Waals surface area contributed by atoms with Crippen molar-refractivity contribution in [1.82, 2.24) is 5.32 Å². The Morgan fingerprint density at radius 1 is 1.50 bits per heavy atom. The van der Waals surface area contributed by atoms with Crippen molar-refractivity contribution in [2.45, 2.75) is 19.9 Å². The molecule has 1 heterocycles. The molecule has 0 saturated carbocycles. The van der Waals surface area contributed by atoms with Crippen LogP contribution in [-0.2, 0) is 15.6 Å². The maximum Gasteiger partial charge on any atom is 0.251 e. The van der Waals surface area contributed by atoms with Crippen LogP contribution in [-0.4, -0.2) is 27.7 Å². The average molecular weight is 239 g/mol. The van der Waals surface area contributed by atoms with Crippen LogP contribution in [0, 0.1) is 0 Å². The summed E-state index contributed by atoms with van der Waals surface area (Å²) < 4.78 is 10.9. The summed E-state index contributed by atoms with van der Waals surface area (Å²) in [5.74, 6) is 1.00. The molecule has 1 saturated heterocycles. The summed E-state index contributed by atoms with van der Waals surface area (Å²) in [5.41, 5.74) is 1.46. The summed E-state index contributed by atoms with van der Waals surface area (Å²) in [6.07, 6.45) is 5.31. The maximum atomic E-state index is 11.8. The van der Waals surface area contributed by atoms with Gasteiger partial charge in [0.2, 0.25) is 0 Å². The Kier molecular flexibility index (Phi) is 4.68. The maximum absolute atomic E-state index is 11.8. The molecule has 1 amide bonds. The van der Waals surface area contributed by atoms with E-state index in [2.05, 4.69) is 11.9 Å². The fraction of sp³-hybridized carbons (Fsp3) is 0.417. The SMILES string of the molecule is C=CC(C(=O)NC1CS(=O)C1)=C(C)C=CC. The molecule has 1 N–H and O–H groups in total. The summed E-state index contributed by atoms with van der Waals surface area (Å²) in [6.45, 7) is 7.41. The van der Waals surface area contributed by atoms with E-state index in [0.29, 0.717) is 17.1 Å². The number of rotatable bonds is 4. The van der Waals surface area contributed by atoms with Gasteiger partial charge in [-0.25, -0.2) is 0 Å². The quantitative estimate of drug-likeness (QED) is 0.594. The number of hydrogen-bond acceptors (Lipinski definition) is 2. The van der Waals surface area contributed by atoms with Gasteiger partial charge in [0.15, 0.2) is 0 Å². The van der Waals surface area contributed by atoms with Crippen molar-refractivity contribution in [1.29, 1.82) is 0 Å². The van der Waals surface area contributed by atoms with Crippen LogP contribution in [0.25, 0.3) is 0 Å². The minimum absolute atomic E-state index is 0.0571. The van der Waals surface area contributed by atoms with Crippen molar-refractivity contribution in [2.75, 3.05) is 11.5 Å². The summed E-state index contributed by atoms with van der Waals surface area (Å²) in [5, 5.41) is 2.84. The van der Waals surface area contributed by atoms with Crippen molar-refractivity contribution in [2.24, 2.45) is 0 Å². The van der Waals surface area contributed by atoms with E-state index in [9.17, 15) is 9.00 Å². The van der Waals surface area contributed by atoms with Gasteiger partial charge in [-0.1, -0.05) is 24.8 Å². The van der Waals surface area contributed by atoms with Gasteiger partial charge in [0.25, 0.3) is 5.91 Å². The van der Waals surface area contributed by atoms with Crippen molar-refractivity contribution < 1.29 is 9.00 Å². The Morgan fingerprint density at radius 3 is 2.56 bits per heavy atom. The van der Waals surface area contributed by atoms with Crippen molar-refractivity contribution in [3.05, 3.63) is 36.0 Å². The first-order valence-electron chi connectivity index (χ1n) is 5.20. The molecule has 88 valence electrons. The van der Waals surface area contributed by atoms with Crippen LogP contribution in [0.3, 0.4) is 0 Å². The van der Waals surface area contributed by atoms with E-state index in [0.717, 1.165) is 5.57 Å². The number of carbonyl (C=O) groups is 1. The predicted octanol–water partition coefficient (Wildman–Crippen LogP) is 1.31. The monoisotopic (exact) mass is 239 g/mol. The summed E-state index contributed by atoms with van der Waals surface area (Å²) in [6, 6.07) is 0.0571. The van der Waals surface area contributed by atoms with E-state index in [4.69, 9.17) is 0 Å². The highest BCUT2D eigenvalue weighted by atomic mass is 32.2. The second kappa shape index (κ2) is 5.80. The Balaban J connectivity index is 2.66. The normalized spacial score (nSPS) is 25.9. The zero-order chi connectivity index (χ0) is 12.1. The third-order valence-electron chi connectivity index (χ3n) is 2.40. The molecule has 0 aliphatic carbocycles. The van der Waals surface area contributed by atoms with Gasteiger partial charge in [0.05, 0.1) is 6.04 Å². The van der Waals surface area contributed by atoms with Gasteiger partial charge >= 0.3 is 0 Å². The van der Waals surface area contributed by atoms with Gasteiger partial charge in [-0.15, -0.1) is 0 Å². The molecule has 4 heteroatoms. The van der Waals surface area contributed by atoms with Gasteiger partial charge in [-0.2, -0.15) is 0 Å². The minimum Gasteiger partial charge on any atom is -0.347 e. The Morgan fingerprint density at radius 2 is 2.12 bits per heavy atom. The lowest BCUT2D eigenvalue weighted by atomic mass is 10.1. The number of hydrogen-bond donors (Lipinski definition) is 1. The Labute approximate surface area is 98.8 Å². The van der Waals surface area contributed by atoms with Crippen molar-refractivity contribution in [3.63, 3.8) is 0 Å². The second-order valence-electron chi connectivity index (χ2n) is 3.74. The first kappa shape index (κ1) is 12.9. The fourth-order valence-electron chi connectivity index (χ4n) is 1.52. The standard InChI is InChI=1S/C12H17NO2S/c1-4-6-9(3)11(5-2)12(14)13-10-7-16(15)8-10/h4-6,10H,2,7-8H2,1,3H3,(H,13,14). The van der Waals surface area contributed by atoms with E-state index in [1.807, 2.05) is 26.0 Å². The third kappa shape index (κ3) is 3.17. The van der Waals surface area contributed by atoms with Crippen LogP contribution in [0.4, 0.5) is 0 Å². The van der Waals surface area contributed by atoms with E-state index < -0.39 is 10.8 Å². The van der Waals surface area contributed by atoms with Crippen LogP contribution in [0.15, 0.2) is 36.0 Å². The van der Waals surface area contributed by atoms with Gasteiger partial charge in [-0.05, 0) is 19.4 Å². The van der Waals surface area contributed by atoms with Crippen LogP contribution >= 0.6 is 0 Å². The molecule has 0 aromatic heterocycles. The van der Waals surface area contributed by atoms with Gasteiger partial charge in [0, 0.05) is 27.9 Å². The van der Waals surface area contributed by atoms with E-state index >= 15 is 0 Å². The van der Waals surface area contributed by atoms with E-state index in [1.54, 1.807) is 6.08 Å². The lowest BCUT2D eigenvalue weighted by Gasteiger charge is -2.26. The van der Waals surface area contributed by atoms with Crippen molar-refractivity contribution in [3.8, 4) is 0 Å². The van der Waals surface area contributed by atoms with E-state index in [1.165, 1.54) is 0 Å². The molecule has 0 radical (unpaired) electrons. The fourth-order valence-corrected chi connectivity index (χ4v) is 2.49. The molecule has 0 spiro atoms. The largest absolute Gasteiger partial charge is 0.347 e. The average Bonchev–Trinajstić information content (AvgIpc) is 2.17. The molecule has 1 aliphatic rings. The first-order valence-corrected chi connectivity index (χ1v) is 6.69. The molecular formula is C12H17NO2S. The summed E-state index contributed by atoms with van der Waals surface area (Å²) >= 11 is 0. The molecule has 0 aromatic carbocycles. The molecule has 16 heavy (non-hydrogen) atoms. The number of amides is 1. The Hall–Kier alpha value is -1.16. The molecule has 1 fully saturated rings. The van der Waals surface area contributed by atoms with Crippen LogP contribution in [0.2, 0.25) is 0 Å². The van der Waals surface area contributed by atoms with Crippen LogP contribution in [0.1, 0.15) is 13.8 Å². The van der Waals surface area contributed by atoms with Gasteiger partial charge in [-0.3, -0.25) is 9.00 Å². The van der Waals surface area contributed by atoms with E-state index in [-0.39, 0.29) is 11.9 Å². The zero-order valence-corrected chi connectivity index (χ0v) is 10.5. The Bertz CT molecular complexity index is 374. The second-order valence-corrected chi connectivity index (χ2v) is 5.29. The molecular weight excluding hydrogens is 222 g/mol. The predicted molar refractivity (Wildman–Crippen MR) is 67.5 cm³/mol. The van der Waals surface area contributed by atoms with Crippen molar-refractivity contribution >= 4 is 16.7 Å². The smallest absolute Gasteiger partial charge is 0.251 e. The van der Waals surface area contributed by atoms with Gasteiger partial charge in [0.1, 0.15) is 0 Å². The lowest BCUT2D eigenvalue weighted by Crippen LogP contribution is -2.50. The zero-order valence-electron chi connectivity index (χ0n) is 9.66. The molecule has 0 atom stereocenters. The summed E-state index contributed by atoms with van der Waals surface area (Å²) in [7, 11) is -0.738. The number of nitrogens with one attached hydrogen (secondary N) is 1. The van der Waals surface area contributed by atoms with Crippen LogP contribution < -0.4 is 5.32 Å². The highest BCUT2D eigenvalue weighted by molar-refractivity contribution is 7.86. The van der Waals surface area contributed by atoms with Gasteiger partial charge < -0.3 is 5.32 Å². The summed E-state index contributed by atoms with van der Waals surface area (Å²) in [4.78, 5) is 11.8. The molecule has 3 nitrogen and oxygen atoms in total. The first-order chi connectivity index (χ1) is 7.58. The highest BCUT2D eigenvalue weighted by Crippen LogP contribution is 2.10. The van der Waals surface area contributed by atoms with Crippen LogP contribution in [0.5, 0.6) is 0 Å². The molecule has 0 aromatic rings. The molecule has 0 bridgehead atoms. The third-order valence-corrected chi connectivity index (χ3v) is 3.95.